The highest BCUT2D eigenvalue weighted by molar-refractivity contribution is 4.98. The number of hydrogen-bond donors (Lipinski definition) is 0. The van der Waals surface area contributed by atoms with Gasteiger partial charge in [0.1, 0.15) is 5.49 Å². The maximum absolute atomic E-state index is 4.38. The molecule has 0 saturated heterocycles. The highest BCUT2D eigenvalue weighted by atomic mass is 15.0. The molecule has 0 saturated carbocycles. The Labute approximate surface area is 79.3 Å². The summed E-state index contributed by atoms with van der Waals surface area (Å²) in [6.07, 6.45) is 4.98. The Morgan fingerprint density at radius 2 is 2.31 bits per heavy atom. The first-order chi connectivity index (χ1) is 6.24. The van der Waals surface area contributed by atoms with Gasteiger partial charge in [-0.25, -0.2) is 4.99 Å². The number of nitrogens with zero attached hydrogens (tertiary/aromatic N) is 2. The van der Waals surface area contributed by atoms with Crippen molar-refractivity contribution in [2.75, 3.05) is 0 Å². The quantitative estimate of drug-likeness (QED) is 0.657. The van der Waals surface area contributed by atoms with Crippen LogP contribution in [-0.2, 0) is 7.05 Å². The molecule has 13 heavy (non-hydrogen) atoms. The fraction of sp³-hybridized carbons (Fsp3) is 0.364. The average Bonchev–Trinajstić information content (AvgIpc) is 2.16. The Balaban J connectivity index is 3.01. The maximum Gasteiger partial charge on any atom is 0.132 e. The van der Waals surface area contributed by atoms with E-state index in [9.17, 15) is 0 Å². The van der Waals surface area contributed by atoms with E-state index in [1.54, 1.807) is 0 Å². The van der Waals surface area contributed by atoms with Gasteiger partial charge in [0.25, 0.3) is 0 Å². The molecule has 0 aliphatic carbocycles. The smallest absolute Gasteiger partial charge is 0.132 e. The summed E-state index contributed by atoms with van der Waals surface area (Å²) in [4.78, 5) is 4.38. The average molecular weight is 176 g/mol. The van der Waals surface area contributed by atoms with Crippen molar-refractivity contribution in [3.8, 4) is 0 Å². The Bertz CT molecular complexity index is 358. The summed E-state index contributed by atoms with van der Waals surface area (Å²) in [6, 6.07) is 5.99. The van der Waals surface area contributed by atoms with Crippen LogP contribution >= 0.6 is 0 Å². The molecular formula is C11H16N2. The van der Waals surface area contributed by atoms with E-state index in [2.05, 4.69) is 18.8 Å². The van der Waals surface area contributed by atoms with Gasteiger partial charge >= 0.3 is 0 Å². The van der Waals surface area contributed by atoms with Crippen molar-refractivity contribution in [1.29, 1.82) is 0 Å². The summed E-state index contributed by atoms with van der Waals surface area (Å²) in [7, 11) is 1.99. The largest absolute Gasteiger partial charge is 0.336 e. The molecule has 1 aromatic heterocycles. The predicted molar refractivity (Wildman–Crippen MR) is 55.0 cm³/mol. The van der Waals surface area contributed by atoms with Crippen LogP contribution < -0.4 is 5.49 Å². The minimum absolute atomic E-state index is 0.982. The van der Waals surface area contributed by atoms with Crippen LogP contribution in [0.4, 0.5) is 0 Å². The second kappa shape index (κ2) is 4.65. The number of hydrogen-bond acceptors (Lipinski definition) is 1. The lowest BCUT2D eigenvalue weighted by Crippen LogP contribution is -2.14. The lowest BCUT2D eigenvalue weighted by atomic mass is 10.3. The van der Waals surface area contributed by atoms with Gasteiger partial charge in [0, 0.05) is 19.4 Å². The standard InChI is InChI=1S/C11H16N2/c1-4-10(2)9-12-11-7-5-6-8-13(11)3/h5-9H,4H2,1-3H3/b10-9-,12-11-. The van der Waals surface area contributed by atoms with Crippen LogP contribution in [0.2, 0.25) is 0 Å². The van der Waals surface area contributed by atoms with Crippen LogP contribution in [0.5, 0.6) is 0 Å². The van der Waals surface area contributed by atoms with E-state index >= 15 is 0 Å². The van der Waals surface area contributed by atoms with Crippen molar-refractivity contribution in [2.45, 2.75) is 20.3 Å². The topological polar surface area (TPSA) is 17.3 Å². The SMILES string of the molecule is CC/C(C)=C\N=c1\ccccn1C. The van der Waals surface area contributed by atoms with Crippen molar-refractivity contribution in [1.82, 2.24) is 4.57 Å². The first-order valence-corrected chi connectivity index (χ1v) is 4.55. The van der Waals surface area contributed by atoms with Gasteiger partial charge in [-0.15, -0.1) is 0 Å². The van der Waals surface area contributed by atoms with Gasteiger partial charge in [0.05, 0.1) is 0 Å². The number of aryl methyl sites for hydroxylation is 1. The second-order valence-corrected chi connectivity index (χ2v) is 3.13. The number of pyridine rings is 1. The van der Waals surface area contributed by atoms with Gasteiger partial charge in [-0.1, -0.05) is 18.6 Å². The zero-order valence-electron chi connectivity index (χ0n) is 8.49. The first kappa shape index (κ1) is 9.78. The molecule has 0 N–H and O–H groups in total. The van der Waals surface area contributed by atoms with Gasteiger partial charge in [-0.05, 0) is 25.5 Å². The molecule has 0 amide bonds. The molecule has 0 radical (unpaired) electrons. The van der Waals surface area contributed by atoms with Crippen LogP contribution in [0, 0.1) is 0 Å². The first-order valence-electron chi connectivity index (χ1n) is 4.55. The molecule has 0 spiro atoms. The Morgan fingerprint density at radius 3 is 2.92 bits per heavy atom. The van der Waals surface area contributed by atoms with Gasteiger partial charge in [-0.2, -0.15) is 0 Å². The van der Waals surface area contributed by atoms with Crippen molar-refractivity contribution < 1.29 is 0 Å². The Kier molecular flexibility index (Phi) is 3.50. The lowest BCUT2D eigenvalue weighted by molar-refractivity contribution is 0.832. The molecule has 0 aliphatic heterocycles. The number of rotatable bonds is 2. The molecule has 0 aliphatic rings. The molecule has 70 valence electrons. The molecule has 1 rings (SSSR count). The van der Waals surface area contributed by atoms with Gasteiger partial charge in [-0.3, -0.25) is 0 Å². The van der Waals surface area contributed by atoms with E-state index in [0.717, 1.165) is 11.9 Å². The monoisotopic (exact) mass is 176 g/mol. The lowest BCUT2D eigenvalue weighted by Gasteiger charge is -1.96. The van der Waals surface area contributed by atoms with Crippen molar-refractivity contribution in [3.05, 3.63) is 41.7 Å². The molecule has 1 heterocycles. The maximum atomic E-state index is 4.38. The third-order valence-electron chi connectivity index (χ3n) is 2.00. The Morgan fingerprint density at radius 1 is 1.54 bits per heavy atom. The molecule has 0 fully saturated rings. The van der Waals surface area contributed by atoms with Crippen LogP contribution in [0.15, 0.2) is 41.2 Å². The van der Waals surface area contributed by atoms with Crippen molar-refractivity contribution in [2.24, 2.45) is 12.0 Å². The molecule has 0 atom stereocenters. The van der Waals surface area contributed by atoms with Crippen molar-refractivity contribution in [3.63, 3.8) is 0 Å². The molecule has 0 unspecified atom stereocenters. The summed E-state index contributed by atoms with van der Waals surface area (Å²) in [5, 5.41) is 0. The van der Waals surface area contributed by atoms with E-state index in [4.69, 9.17) is 0 Å². The van der Waals surface area contributed by atoms with Gasteiger partial charge in [0.15, 0.2) is 0 Å². The van der Waals surface area contributed by atoms with Crippen LogP contribution in [0.3, 0.4) is 0 Å². The molecular weight excluding hydrogens is 160 g/mol. The predicted octanol–water partition coefficient (Wildman–Crippen LogP) is 2.24. The second-order valence-electron chi connectivity index (χ2n) is 3.13. The third-order valence-corrected chi connectivity index (χ3v) is 2.00. The van der Waals surface area contributed by atoms with E-state index in [1.807, 2.05) is 42.2 Å². The minimum Gasteiger partial charge on any atom is -0.336 e. The van der Waals surface area contributed by atoms with Crippen LogP contribution in [0.1, 0.15) is 20.3 Å². The van der Waals surface area contributed by atoms with Crippen LogP contribution in [-0.4, -0.2) is 4.57 Å². The summed E-state index contributed by atoms with van der Waals surface area (Å²) in [5.74, 6) is 0. The Hall–Kier alpha value is -1.31. The zero-order valence-corrected chi connectivity index (χ0v) is 8.49. The normalized spacial score (nSPS) is 13.5. The summed E-state index contributed by atoms with van der Waals surface area (Å²) >= 11 is 0. The number of aromatic nitrogens is 1. The third kappa shape index (κ3) is 2.90. The molecule has 1 aromatic rings. The van der Waals surface area contributed by atoms with Gasteiger partial charge < -0.3 is 4.57 Å². The highest BCUT2D eigenvalue weighted by Gasteiger charge is 1.83. The zero-order chi connectivity index (χ0) is 9.68. The highest BCUT2D eigenvalue weighted by Crippen LogP contribution is 1.96. The van der Waals surface area contributed by atoms with E-state index in [0.29, 0.717) is 0 Å². The van der Waals surface area contributed by atoms with Crippen molar-refractivity contribution >= 4 is 0 Å². The van der Waals surface area contributed by atoms with E-state index in [1.165, 1.54) is 5.57 Å². The molecule has 0 aromatic carbocycles. The fourth-order valence-corrected chi connectivity index (χ4v) is 0.916. The summed E-state index contributed by atoms with van der Waals surface area (Å²) in [5.41, 5.74) is 2.28. The number of allylic oxidation sites excluding steroid dienone is 1. The minimum atomic E-state index is 0.982. The molecule has 2 heteroatoms. The van der Waals surface area contributed by atoms with Gasteiger partial charge in [0.2, 0.25) is 0 Å². The summed E-state index contributed by atoms with van der Waals surface area (Å²) in [6.45, 7) is 4.22. The van der Waals surface area contributed by atoms with Crippen LogP contribution in [0.25, 0.3) is 0 Å². The summed E-state index contributed by atoms with van der Waals surface area (Å²) < 4.78 is 2.00. The molecule has 0 bridgehead atoms. The molecule has 2 nitrogen and oxygen atoms in total. The fourth-order valence-electron chi connectivity index (χ4n) is 0.916. The van der Waals surface area contributed by atoms with E-state index < -0.39 is 0 Å². The van der Waals surface area contributed by atoms with E-state index in [-0.39, 0.29) is 0 Å².